The van der Waals surface area contributed by atoms with Crippen LogP contribution in [0.4, 0.5) is 0 Å². The summed E-state index contributed by atoms with van der Waals surface area (Å²) in [6.07, 6.45) is 4.37. The second-order valence-corrected chi connectivity index (χ2v) is 5.58. The Morgan fingerprint density at radius 2 is 2.18 bits per heavy atom. The molecule has 1 aliphatic heterocycles. The Bertz CT molecular complexity index is 309. The highest BCUT2D eigenvalue weighted by atomic mass is 32.2. The summed E-state index contributed by atoms with van der Waals surface area (Å²) in [6, 6.07) is 10.2. The standard InChI is InChI=1S/C14H20O2S/c15-12(8-9-13-5-4-10-16-13)11-17-14-6-2-1-3-7-14/h1-3,6-7,12-13,15H,4-5,8-11H2. The molecule has 1 fully saturated rings. The number of aliphatic hydroxyl groups excluding tert-OH is 1. The molecule has 1 aromatic carbocycles. The molecule has 1 aromatic rings. The van der Waals surface area contributed by atoms with Gasteiger partial charge in [-0.05, 0) is 37.8 Å². The molecular formula is C14H20O2S. The fraction of sp³-hybridized carbons (Fsp3) is 0.571. The zero-order valence-electron chi connectivity index (χ0n) is 10.0. The second-order valence-electron chi connectivity index (χ2n) is 4.49. The molecule has 1 heterocycles. The van der Waals surface area contributed by atoms with Gasteiger partial charge in [-0.3, -0.25) is 0 Å². The molecule has 2 atom stereocenters. The maximum Gasteiger partial charge on any atom is 0.0635 e. The number of ether oxygens (including phenoxy) is 1. The molecule has 0 radical (unpaired) electrons. The van der Waals surface area contributed by atoms with Crippen molar-refractivity contribution >= 4 is 11.8 Å². The number of rotatable bonds is 6. The Labute approximate surface area is 107 Å². The summed E-state index contributed by atoms with van der Waals surface area (Å²) in [7, 11) is 0. The normalized spacial score (nSPS) is 21.6. The molecule has 2 unspecified atom stereocenters. The Morgan fingerprint density at radius 1 is 1.35 bits per heavy atom. The van der Waals surface area contributed by atoms with Crippen LogP contribution in [-0.2, 0) is 4.74 Å². The molecule has 0 amide bonds. The van der Waals surface area contributed by atoms with Crippen LogP contribution in [0.5, 0.6) is 0 Å². The van der Waals surface area contributed by atoms with Gasteiger partial charge in [-0.15, -0.1) is 11.8 Å². The van der Waals surface area contributed by atoms with Crippen molar-refractivity contribution in [1.29, 1.82) is 0 Å². The van der Waals surface area contributed by atoms with Gasteiger partial charge in [0.1, 0.15) is 0 Å². The lowest BCUT2D eigenvalue weighted by Crippen LogP contribution is -2.14. The van der Waals surface area contributed by atoms with E-state index >= 15 is 0 Å². The fourth-order valence-corrected chi connectivity index (χ4v) is 2.94. The van der Waals surface area contributed by atoms with Crippen molar-refractivity contribution in [2.75, 3.05) is 12.4 Å². The van der Waals surface area contributed by atoms with Gasteiger partial charge in [0.25, 0.3) is 0 Å². The summed E-state index contributed by atoms with van der Waals surface area (Å²) in [6.45, 7) is 0.902. The summed E-state index contributed by atoms with van der Waals surface area (Å²) in [5.41, 5.74) is 0. The maximum atomic E-state index is 9.89. The number of thioether (sulfide) groups is 1. The molecule has 0 saturated carbocycles. The van der Waals surface area contributed by atoms with Crippen LogP contribution in [0.15, 0.2) is 35.2 Å². The molecule has 1 aliphatic rings. The third-order valence-electron chi connectivity index (χ3n) is 3.03. The van der Waals surface area contributed by atoms with E-state index in [1.807, 2.05) is 18.2 Å². The SMILES string of the molecule is OC(CCC1CCCO1)CSc1ccccc1. The average molecular weight is 252 g/mol. The minimum atomic E-state index is -0.218. The monoisotopic (exact) mass is 252 g/mol. The highest BCUT2D eigenvalue weighted by molar-refractivity contribution is 7.99. The van der Waals surface area contributed by atoms with E-state index < -0.39 is 0 Å². The van der Waals surface area contributed by atoms with Crippen molar-refractivity contribution in [3.05, 3.63) is 30.3 Å². The maximum absolute atomic E-state index is 9.89. The van der Waals surface area contributed by atoms with Crippen LogP contribution < -0.4 is 0 Å². The van der Waals surface area contributed by atoms with E-state index in [4.69, 9.17) is 4.74 Å². The molecule has 94 valence electrons. The minimum Gasteiger partial charge on any atom is -0.392 e. The molecule has 2 rings (SSSR count). The van der Waals surface area contributed by atoms with Gasteiger partial charge in [0.2, 0.25) is 0 Å². The number of hydrogen-bond donors (Lipinski definition) is 1. The van der Waals surface area contributed by atoms with Gasteiger partial charge in [0, 0.05) is 17.3 Å². The Balaban J connectivity index is 1.62. The molecule has 0 bridgehead atoms. The van der Waals surface area contributed by atoms with Crippen LogP contribution >= 0.6 is 11.8 Å². The molecule has 0 aliphatic carbocycles. The van der Waals surface area contributed by atoms with E-state index in [1.54, 1.807) is 11.8 Å². The van der Waals surface area contributed by atoms with Gasteiger partial charge in [-0.1, -0.05) is 18.2 Å². The van der Waals surface area contributed by atoms with E-state index in [2.05, 4.69) is 12.1 Å². The van der Waals surface area contributed by atoms with Gasteiger partial charge in [0.15, 0.2) is 0 Å². The summed E-state index contributed by atoms with van der Waals surface area (Å²) in [4.78, 5) is 1.23. The van der Waals surface area contributed by atoms with E-state index in [1.165, 1.54) is 17.7 Å². The Morgan fingerprint density at radius 3 is 2.88 bits per heavy atom. The average Bonchev–Trinajstić information content (AvgIpc) is 2.88. The molecular weight excluding hydrogens is 232 g/mol. The molecule has 2 nitrogen and oxygen atoms in total. The lowest BCUT2D eigenvalue weighted by atomic mass is 10.1. The van der Waals surface area contributed by atoms with Gasteiger partial charge in [0.05, 0.1) is 12.2 Å². The largest absolute Gasteiger partial charge is 0.392 e. The lowest BCUT2D eigenvalue weighted by Gasteiger charge is -2.13. The fourth-order valence-electron chi connectivity index (χ4n) is 2.04. The molecule has 1 N–H and O–H groups in total. The third-order valence-corrected chi connectivity index (χ3v) is 4.19. The second kappa shape index (κ2) is 7.04. The van der Waals surface area contributed by atoms with Crippen LogP contribution in [0.2, 0.25) is 0 Å². The van der Waals surface area contributed by atoms with E-state index in [0.29, 0.717) is 6.10 Å². The zero-order valence-corrected chi connectivity index (χ0v) is 10.9. The van der Waals surface area contributed by atoms with Gasteiger partial charge < -0.3 is 9.84 Å². The van der Waals surface area contributed by atoms with Crippen molar-refractivity contribution in [2.45, 2.75) is 42.8 Å². The van der Waals surface area contributed by atoms with E-state index in [0.717, 1.165) is 25.2 Å². The van der Waals surface area contributed by atoms with Crippen molar-refractivity contribution in [2.24, 2.45) is 0 Å². The van der Waals surface area contributed by atoms with Crippen LogP contribution in [0.25, 0.3) is 0 Å². The van der Waals surface area contributed by atoms with Crippen molar-refractivity contribution < 1.29 is 9.84 Å². The van der Waals surface area contributed by atoms with Crippen LogP contribution in [0, 0.1) is 0 Å². The van der Waals surface area contributed by atoms with E-state index in [9.17, 15) is 5.11 Å². The zero-order chi connectivity index (χ0) is 11.9. The van der Waals surface area contributed by atoms with Crippen molar-refractivity contribution in [3.8, 4) is 0 Å². The van der Waals surface area contributed by atoms with Gasteiger partial charge in [-0.2, -0.15) is 0 Å². The highest BCUT2D eigenvalue weighted by Gasteiger charge is 2.16. The minimum absolute atomic E-state index is 0.218. The molecule has 0 aromatic heterocycles. The van der Waals surface area contributed by atoms with Crippen LogP contribution in [0.1, 0.15) is 25.7 Å². The Kier molecular flexibility index (Phi) is 5.36. The molecule has 0 spiro atoms. The van der Waals surface area contributed by atoms with Gasteiger partial charge in [-0.25, -0.2) is 0 Å². The molecule has 1 saturated heterocycles. The van der Waals surface area contributed by atoms with Crippen LogP contribution in [0.3, 0.4) is 0 Å². The Hall–Kier alpha value is -0.510. The summed E-state index contributed by atoms with van der Waals surface area (Å²) >= 11 is 1.72. The number of benzene rings is 1. The summed E-state index contributed by atoms with van der Waals surface area (Å²) in [5.74, 6) is 0.775. The summed E-state index contributed by atoms with van der Waals surface area (Å²) in [5, 5.41) is 9.89. The first kappa shape index (κ1) is 12.9. The lowest BCUT2D eigenvalue weighted by molar-refractivity contribution is 0.0861. The summed E-state index contributed by atoms with van der Waals surface area (Å²) < 4.78 is 5.55. The predicted octanol–water partition coefficient (Wildman–Crippen LogP) is 3.10. The quantitative estimate of drug-likeness (QED) is 0.789. The van der Waals surface area contributed by atoms with Gasteiger partial charge >= 0.3 is 0 Å². The third kappa shape index (κ3) is 4.70. The number of aliphatic hydroxyl groups is 1. The molecule has 17 heavy (non-hydrogen) atoms. The number of hydrogen-bond acceptors (Lipinski definition) is 3. The first-order valence-electron chi connectivity index (χ1n) is 6.32. The smallest absolute Gasteiger partial charge is 0.0635 e. The first-order chi connectivity index (χ1) is 8.34. The van der Waals surface area contributed by atoms with Crippen molar-refractivity contribution in [3.63, 3.8) is 0 Å². The predicted molar refractivity (Wildman–Crippen MR) is 71.4 cm³/mol. The van der Waals surface area contributed by atoms with E-state index in [-0.39, 0.29) is 6.10 Å². The topological polar surface area (TPSA) is 29.5 Å². The first-order valence-corrected chi connectivity index (χ1v) is 7.30. The van der Waals surface area contributed by atoms with Crippen molar-refractivity contribution in [1.82, 2.24) is 0 Å². The van der Waals surface area contributed by atoms with Crippen LogP contribution in [-0.4, -0.2) is 29.7 Å². The molecule has 3 heteroatoms. The highest BCUT2D eigenvalue weighted by Crippen LogP contribution is 2.22.